The van der Waals surface area contributed by atoms with Gasteiger partial charge < -0.3 is 9.47 Å². The van der Waals surface area contributed by atoms with Crippen molar-refractivity contribution in [3.05, 3.63) is 23.2 Å². The number of hydrogen-bond donors (Lipinski definition) is 1. The van der Waals surface area contributed by atoms with E-state index in [0.717, 1.165) is 5.56 Å². The molecule has 2 rings (SSSR count). The quantitative estimate of drug-likeness (QED) is 0.560. The van der Waals surface area contributed by atoms with Crippen LogP contribution in [0.4, 0.5) is 0 Å². The van der Waals surface area contributed by atoms with Crippen LogP contribution in [0.2, 0.25) is 5.02 Å². The molecule has 1 aromatic heterocycles. The fourth-order valence-electron chi connectivity index (χ4n) is 2.08. The second kappa shape index (κ2) is 8.94. The van der Waals surface area contributed by atoms with Gasteiger partial charge in [-0.05, 0) is 31.5 Å². The van der Waals surface area contributed by atoms with Gasteiger partial charge in [0.05, 0.1) is 19.3 Å². The van der Waals surface area contributed by atoms with Crippen LogP contribution in [0.3, 0.4) is 0 Å². The van der Waals surface area contributed by atoms with Crippen molar-refractivity contribution >= 4 is 29.3 Å². The highest BCUT2D eigenvalue weighted by molar-refractivity contribution is 7.99. The summed E-state index contributed by atoms with van der Waals surface area (Å²) in [7, 11) is 1.59. The first-order chi connectivity index (χ1) is 11.5. The lowest BCUT2D eigenvalue weighted by molar-refractivity contribution is -0.143. The lowest BCUT2D eigenvalue weighted by atomic mass is 10.2. The maximum Gasteiger partial charge on any atom is 0.305 e. The van der Waals surface area contributed by atoms with Crippen molar-refractivity contribution in [3.63, 3.8) is 0 Å². The molecule has 0 saturated carbocycles. The number of rotatable bonds is 8. The van der Waals surface area contributed by atoms with Gasteiger partial charge >= 0.3 is 5.97 Å². The van der Waals surface area contributed by atoms with Gasteiger partial charge in [0.1, 0.15) is 5.75 Å². The van der Waals surface area contributed by atoms with Gasteiger partial charge in [-0.3, -0.25) is 9.89 Å². The molecule has 1 heterocycles. The molecule has 0 saturated heterocycles. The molecule has 2 aromatic rings. The van der Waals surface area contributed by atoms with Gasteiger partial charge in [-0.1, -0.05) is 30.3 Å². The molecule has 1 N–H and O–H groups in total. The predicted octanol–water partition coefficient (Wildman–Crippen LogP) is 3.96. The Bertz CT molecular complexity index is 693. The number of carbonyl (C=O) groups is 1. The molecule has 0 aliphatic rings. The zero-order valence-corrected chi connectivity index (χ0v) is 15.4. The summed E-state index contributed by atoms with van der Waals surface area (Å²) in [5, 5.41) is 8.52. The Hall–Kier alpha value is -1.73. The maximum atomic E-state index is 11.4. The van der Waals surface area contributed by atoms with Crippen molar-refractivity contribution in [3.8, 4) is 17.1 Å². The first-order valence-corrected chi connectivity index (χ1v) is 8.87. The highest BCUT2D eigenvalue weighted by Gasteiger charge is 2.15. The normalized spacial score (nSPS) is 12.0. The summed E-state index contributed by atoms with van der Waals surface area (Å²) >= 11 is 7.55. The number of ether oxygens (including phenoxy) is 2. The number of methoxy groups -OCH3 is 1. The molecular formula is C16H20ClN3O3S. The minimum atomic E-state index is -0.177. The maximum absolute atomic E-state index is 11.4. The van der Waals surface area contributed by atoms with Gasteiger partial charge in [0.25, 0.3) is 0 Å². The zero-order valence-electron chi connectivity index (χ0n) is 13.8. The predicted molar refractivity (Wildman–Crippen MR) is 94.6 cm³/mol. The molecule has 130 valence electrons. The Kier molecular flexibility index (Phi) is 6.93. The SMILES string of the molecule is CCOC(=O)CC[C@@H](C)Sc1n[nH]c(-c2cc(Cl)ccc2OC)n1. The van der Waals surface area contributed by atoms with Gasteiger partial charge in [-0.2, -0.15) is 0 Å². The second-order valence-electron chi connectivity index (χ2n) is 5.08. The summed E-state index contributed by atoms with van der Waals surface area (Å²) in [4.78, 5) is 15.9. The standard InChI is InChI=1S/C16H20ClN3O3S/c1-4-23-14(21)8-5-10(2)24-16-18-15(19-20-16)12-9-11(17)6-7-13(12)22-3/h6-7,9-10H,4-5,8H2,1-3H3,(H,18,19,20)/t10-/m1/s1. The van der Waals surface area contributed by atoms with Crippen LogP contribution in [0.1, 0.15) is 26.7 Å². The molecule has 6 nitrogen and oxygen atoms in total. The number of esters is 1. The van der Waals surface area contributed by atoms with Gasteiger partial charge in [-0.25, -0.2) is 4.98 Å². The van der Waals surface area contributed by atoms with Gasteiger partial charge in [-0.15, -0.1) is 5.10 Å². The smallest absolute Gasteiger partial charge is 0.305 e. The molecule has 24 heavy (non-hydrogen) atoms. The average molecular weight is 370 g/mol. The van der Waals surface area contributed by atoms with Crippen LogP contribution < -0.4 is 4.74 Å². The molecule has 0 bridgehead atoms. The van der Waals surface area contributed by atoms with E-state index in [-0.39, 0.29) is 11.2 Å². The number of benzene rings is 1. The minimum absolute atomic E-state index is 0.177. The van der Waals surface area contributed by atoms with E-state index in [2.05, 4.69) is 15.2 Å². The van der Waals surface area contributed by atoms with E-state index >= 15 is 0 Å². The summed E-state index contributed by atoms with van der Waals surface area (Å²) < 4.78 is 10.3. The molecule has 0 aliphatic carbocycles. The summed E-state index contributed by atoms with van der Waals surface area (Å²) in [6.45, 7) is 4.24. The lowest BCUT2D eigenvalue weighted by Crippen LogP contribution is -2.07. The Morgan fingerprint density at radius 2 is 2.25 bits per heavy atom. The van der Waals surface area contributed by atoms with Gasteiger partial charge in [0.2, 0.25) is 5.16 Å². The number of hydrogen-bond acceptors (Lipinski definition) is 6. The molecule has 1 atom stereocenters. The van der Waals surface area contributed by atoms with Gasteiger partial charge in [0.15, 0.2) is 5.82 Å². The van der Waals surface area contributed by atoms with Crippen molar-refractivity contribution < 1.29 is 14.3 Å². The summed E-state index contributed by atoms with van der Waals surface area (Å²) in [5.41, 5.74) is 0.753. The van der Waals surface area contributed by atoms with E-state index in [1.165, 1.54) is 11.8 Å². The number of H-pyrrole nitrogens is 1. The van der Waals surface area contributed by atoms with Crippen LogP contribution in [0.5, 0.6) is 5.75 Å². The van der Waals surface area contributed by atoms with Crippen LogP contribution in [-0.4, -0.2) is 40.1 Å². The highest BCUT2D eigenvalue weighted by atomic mass is 35.5. The minimum Gasteiger partial charge on any atom is -0.496 e. The molecule has 0 unspecified atom stereocenters. The van der Waals surface area contributed by atoms with E-state index < -0.39 is 0 Å². The largest absolute Gasteiger partial charge is 0.496 e. The van der Waals surface area contributed by atoms with E-state index in [1.807, 2.05) is 6.92 Å². The van der Waals surface area contributed by atoms with Crippen molar-refractivity contribution in [1.29, 1.82) is 0 Å². The molecular weight excluding hydrogens is 350 g/mol. The fourth-order valence-corrected chi connectivity index (χ4v) is 3.09. The first kappa shape index (κ1) is 18.6. The van der Waals surface area contributed by atoms with Gasteiger partial charge in [0, 0.05) is 16.7 Å². The van der Waals surface area contributed by atoms with Crippen LogP contribution in [0.15, 0.2) is 23.4 Å². The Labute approximate surface area is 150 Å². The van der Waals surface area contributed by atoms with Crippen molar-refractivity contribution in [2.45, 2.75) is 37.1 Å². The van der Waals surface area contributed by atoms with Crippen molar-refractivity contribution in [2.24, 2.45) is 0 Å². The Balaban J connectivity index is 2.01. The molecule has 0 radical (unpaired) electrons. The highest BCUT2D eigenvalue weighted by Crippen LogP contribution is 2.32. The third-order valence-corrected chi connectivity index (χ3v) is 4.52. The third kappa shape index (κ3) is 5.14. The average Bonchev–Trinajstić information content (AvgIpc) is 3.01. The van der Waals surface area contributed by atoms with Crippen LogP contribution in [0, 0.1) is 0 Å². The van der Waals surface area contributed by atoms with Crippen molar-refractivity contribution in [2.75, 3.05) is 13.7 Å². The number of carbonyl (C=O) groups excluding carboxylic acids is 1. The molecule has 0 fully saturated rings. The van der Waals surface area contributed by atoms with Crippen LogP contribution in [0.25, 0.3) is 11.4 Å². The Morgan fingerprint density at radius 1 is 1.46 bits per heavy atom. The van der Waals surface area contributed by atoms with Crippen LogP contribution in [-0.2, 0) is 9.53 Å². The Morgan fingerprint density at radius 3 is 2.96 bits per heavy atom. The molecule has 1 aromatic carbocycles. The first-order valence-electron chi connectivity index (χ1n) is 7.62. The summed E-state index contributed by atoms with van der Waals surface area (Å²) in [6, 6.07) is 5.32. The zero-order chi connectivity index (χ0) is 17.5. The second-order valence-corrected chi connectivity index (χ2v) is 6.93. The number of nitrogens with one attached hydrogen (secondary N) is 1. The van der Waals surface area contributed by atoms with Crippen LogP contribution >= 0.6 is 23.4 Å². The number of halogens is 1. The van der Waals surface area contributed by atoms with E-state index in [4.69, 9.17) is 21.1 Å². The number of aromatic nitrogens is 3. The van der Waals surface area contributed by atoms with E-state index in [0.29, 0.717) is 41.2 Å². The third-order valence-electron chi connectivity index (χ3n) is 3.25. The number of thioether (sulfide) groups is 1. The number of aromatic amines is 1. The summed E-state index contributed by atoms with van der Waals surface area (Å²) in [6.07, 6.45) is 1.09. The topological polar surface area (TPSA) is 77.1 Å². The summed E-state index contributed by atoms with van der Waals surface area (Å²) in [5.74, 6) is 1.08. The van der Waals surface area contributed by atoms with E-state index in [1.54, 1.807) is 32.2 Å². The monoisotopic (exact) mass is 369 g/mol. The van der Waals surface area contributed by atoms with Crippen molar-refractivity contribution in [1.82, 2.24) is 15.2 Å². The van der Waals surface area contributed by atoms with E-state index in [9.17, 15) is 4.79 Å². The molecule has 0 spiro atoms. The number of nitrogens with zero attached hydrogens (tertiary/aromatic N) is 2. The molecule has 0 amide bonds. The molecule has 8 heteroatoms. The fraction of sp³-hybridized carbons (Fsp3) is 0.438. The lowest BCUT2D eigenvalue weighted by Gasteiger charge is -2.08. The molecule has 0 aliphatic heterocycles.